The van der Waals surface area contributed by atoms with Crippen LogP contribution in [0.5, 0.6) is 0 Å². The van der Waals surface area contributed by atoms with Crippen molar-refractivity contribution >= 4 is 22.9 Å². The molecule has 2 heterocycles. The molecule has 86 valence electrons. The molecule has 7 heteroatoms. The molecule has 2 aromatic rings. The Bertz CT molecular complexity index is 413. The second-order valence-electron chi connectivity index (χ2n) is 3.27. The molecule has 0 aliphatic carbocycles. The monoisotopic (exact) mass is 257 g/mol. The topological polar surface area (TPSA) is 66.5 Å². The first-order valence-corrected chi connectivity index (χ1v) is 6.19. The predicted octanol–water partition coefficient (Wildman–Crippen LogP) is 1.64. The maximum Gasteiger partial charge on any atom is 0.137 e. The highest BCUT2D eigenvalue weighted by Gasteiger charge is 1.99. The molecule has 0 bridgehead atoms. The molecule has 0 unspecified atom stereocenters. The van der Waals surface area contributed by atoms with Gasteiger partial charge in [-0.15, -0.1) is 11.3 Å². The molecule has 0 fully saturated rings. The van der Waals surface area contributed by atoms with Crippen LogP contribution in [0.3, 0.4) is 0 Å². The number of halogens is 1. The summed E-state index contributed by atoms with van der Waals surface area (Å²) in [6.45, 7) is 1.70. The van der Waals surface area contributed by atoms with E-state index < -0.39 is 0 Å². The Kier molecular flexibility index (Phi) is 4.26. The molecular formula is C9H12ClN5S. The zero-order chi connectivity index (χ0) is 11.2. The van der Waals surface area contributed by atoms with Crippen molar-refractivity contribution in [3.63, 3.8) is 0 Å². The van der Waals surface area contributed by atoms with Crippen molar-refractivity contribution in [2.24, 2.45) is 0 Å². The predicted molar refractivity (Wildman–Crippen MR) is 63.5 cm³/mol. The van der Waals surface area contributed by atoms with Crippen molar-refractivity contribution in [1.29, 1.82) is 0 Å². The van der Waals surface area contributed by atoms with E-state index in [9.17, 15) is 0 Å². The van der Waals surface area contributed by atoms with Gasteiger partial charge in [0.25, 0.3) is 0 Å². The van der Waals surface area contributed by atoms with Crippen LogP contribution in [0.2, 0.25) is 4.34 Å². The van der Waals surface area contributed by atoms with Crippen LogP contribution in [0.15, 0.2) is 12.5 Å². The van der Waals surface area contributed by atoms with Crippen LogP contribution in [0, 0.1) is 0 Å². The number of H-pyrrole nitrogens is 1. The Labute approximate surface area is 102 Å². The lowest BCUT2D eigenvalue weighted by Gasteiger charge is -2.00. The lowest BCUT2D eigenvalue weighted by Crippen LogP contribution is -2.15. The van der Waals surface area contributed by atoms with Gasteiger partial charge in [0, 0.05) is 13.0 Å². The number of hydrogen-bond donors (Lipinski definition) is 2. The Morgan fingerprint density at radius 3 is 3.06 bits per heavy atom. The highest BCUT2D eigenvalue weighted by Crippen LogP contribution is 2.17. The van der Waals surface area contributed by atoms with Gasteiger partial charge in [0.05, 0.1) is 6.20 Å². The van der Waals surface area contributed by atoms with Crippen molar-refractivity contribution < 1.29 is 0 Å². The van der Waals surface area contributed by atoms with Gasteiger partial charge in [-0.2, -0.15) is 5.10 Å². The standard InChI is InChI=1S/C9H12ClN5S/c10-7-4-12-9(16-7)5-11-3-1-2-8-13-6-14-15-8/h4,6,11H,1-3,5H2,(H,13,14,15). The minimum absolute atomic E-state index is 0.735. The number of nitrogens with one attached hydrogen (secondary N) is 2. The lowest BCUT2D eigenvalue weighted by molar-refractivity contribution is 0.638. The molecule has 16 heavy (non-hydrogen) atoms. The summed E-state index contributed by atoms with van der Waals surface area (Å²) in [4.78, 5) is 8.21. The second-order valence-corrected chi connectivity index (χ2v) is 5.02. The molecular weight excluding hydrogens is 246 g/mol. The van der Waals surface area contributed by atoms with Crippen LogP contribution >= 0.6 is 22.9 Å². The summed E-state index contributed by atoms with van der Waals surface area (Å²) in [5.74, 6) is 0.930. The molecule has 5 nitrogen and oxygen atoms in total. The minimum atomic E-state index is 0.735. The maximum atomic E-state index is 5.78. The largest absolute Gasteiger partial charge is 0.310 e. The number of aromatic nitrogens is 4. The smallest absolute Gasteiger partial charge is 0.137 e. The quantitative estimate of drug-likeness (QED) is 0.772. The highest BCUT2D eigenvalue weighted by molar-refractivity contribution is 7.15. The summed E-state index contributed by atoms with van der Waals surface area (Å²) in [5.41, 5.74) is 0. The summed E-state index contributed by atoms with van der Waals surface area (Å²) in [5, 5.41) is 10.9. The first-order chi connectivity index (χ1) is 7.84. The molecule has 0 saturated heterocycles. The third-order valence-electron chi connectivity index (χ3n) is 2.03. The Morgan fingerprint density at radius 1 is 1.44 bits per heavy atom. The fraction of sp³-hybridized carbons (Fsp3) is 0.444. The SMILES string of the molecule is Clc1cnc(CNCCCc2ncn[nH]2)s1. The molecule has 0 amide bonds. The Balaban J connectivity index is 1.59. The molecule has 0 radical (unpaired) electrons. The van der Waals surface area contributed by atoms with Gasteiger partial charge in [-0.05, 0) is 13.0 Å². The van der Waals surface area contributed by atoms with E-state index in [1.54, 1.807) is 6.20 Å². The molecule has 2 N–H and O–H groups in total. The zero-order valence-electron chi connectivity index (χ0n) is 8.61. The number of rotatable bonds is 6. The first kappa shape index (κ1) is 11.5. The van der Waals surface area contributed by atoms with Crippen molar-refractivity contribution in [2.75, 3.05) is 6.54 Å². The number of aryl methyl sites for hydroxylation is 1. The molecule has 0 atom stereocenters. The van der Waals surface area contributed by atoms with Gasteiger partial charge in [0.2, 0.25) is 0 Å². The van der Waals surface area contributed by atoms with Gasteiger partial charge in [-0.1, -0.05) is 11.6 Å². The van der Waals surface area contributed by atoms with E-state index in [1.807, 2.05) is 0 Å². The summed E-state index contributed by atoms with van der Waals surface area (Å²) in [6.07, 6.45) is 5.14. The van der Waals surface area contributed by atoms with Gasteiger partial charge in [0.1, 0.15) is 21.5 Å². The van der Waals surface area contributed by atoms with Crippen LogP contribution in [-0.2, 0) is 13.0 Å². The second kappa shape index (κ2) is 5.93. The van der Waals surface area contributed by atoms with E-state index in [-0.39, 0.29) is 0 Å². The number of nitrogens with zero attached hydrogens (tertiary/aromatic N) is 3. The Morgan fingerprint density at radius 2 is 2.38 bits per heavy atom. The van der Waals surface area contributed by atoms with Gasteiger partial charge < -0.3 is 5.32 Å². The fourth-order valence-corrected chi connectivity index (χ4v) is 2.22. The summed E-state index contributed by atoms with van der Waals surface area (Å²) in [6, 6.07) is 0. The average Bonchev–Trinajstić information content (AvgIpc) is 2.89. The number of aromatic amines is 1. The van der Waals surface area contributed by atoms with Crippen molar-refractivity contribution in [3.05, 3.63) is 27.7 Å². The van der Waals surface area contributed by atoms with Crippen LogP contribution in [0.1, 0.15) is 17.3 Å². The molecule has 0 aliphatic rings. The van der Waals surface area contributed by atoms with E-state index in [4.69, 9.17) is 11.6 Å². The first-order valence-electron chi connectivity index (χ1n) is 5.00. The third-order valence-corrected chi connectivity index (χ3v) is 3.15. The van der Waals surface area contributed by atoms with Crippen LogP contribution < -0.4 is 5.32 Å². The van der Waals surface area contributed by atoms with E-state index >= 15 is 0 Å². The van der Waals surface area contributed by atoms with Gasteiger partial charge in [-0.3, -0.25) is 5.10 Å². The van der Waals surface area contributed by atoms with E-state index in [0.717, 1.165) is 41.1 Å². The van der Waals surface area contributed by atoms with Gasteiger partial charge >= 0.3 is 0 Å². The van der Waals surface area contributed by atoms with Crippen LogP contribution in [0.25, 0.3) is 0 Å². The van der Waals surface area contributed by atoms with Crippen LogP contribution in [-0.4, -0.2) is 26.7 Å². The molecule has 2 rings (SSSR count). The normalized spacial score (nSPS) is 10.8. The van der Waals surface area contributed by atoms with Crippen molar-refractivity contribution in [2.45, 2.75) is 19.4 Å². The summed E-state index contributed by atoms with van der Waals surface area (Å²) in [7, 11) is 0. The molecule has 0 aliphatic heterocycles. The van der Waals surface area contributed by atoms with Crippen LogP contribution in [0.4, 0.5) is 0 Å². The molecule has 2 aromatic heterocycles. The fourth-order valence-electron chi connectivity index (χ4n) is 1.30. The highest BCUT2D eigenvalue weighted by atomic mass is 35.5. The Hall–Kier alpha value is -0.980. The third kappa shape index (κ3) is 3.55. The molecule has 0 aromatic carbocycles. The zero-order valence-corrected chi connectivity index (χ0v) is 10.2. The van der Waals surface area contributed by atoms with E-state index in [0.29, 0.717) is 0 Å². The minimum Gasteiger partial charge on any atom is -0.310 e. The van der Waals surface area contributed by atoms with E-state index in [2.05, 4.69) is 25.5 Å². The lowest BCUT2D eigenvalue weighted by atomic mass is 10.3. The van der Waals surface area contributed by atoms with Gasteiger partial charge in [0.15, 0.2) is 0 Å². The van der Waals surface area contributed by atoms with Crippen molar-refractivity contribution in [3.8, 4) is 0 Å². The number of hydrogen-bond acceptors (Lipinski definition) is 5. The number of thiazole rings is 1. The van der Waals surface area contributed by atoms with E-state index in [1.165, 1.54) is 17.7 Å². The maximum absolute atomic E-state index is 5.78. The average molecular weight is 258 g/mol. The molecule has 0 saturated carbocycles. The summed E-state index contributed by atoms with van der Waals surface area (Å²) >= 11 is 7.28. The summed E-state index contributed by atoms with van der Waals surface area (Å²) < 4.78 is 0.735. The molecule has 0 spiro atoms. The van der Waals surface area contributed by atoms with Crippen molar-refractivity contribution in [1.82, 2.24) is 25.5 Å². The van der Waals surface area contributed by atoms with Gasteiger partial charge in [-0.25, -0.2) is 9.97 Å².